The fourth-order valence-electron chi connectivity index (χ4n) is 2.84. The van der Waals surface area contributed by atoms with Gasteiger partial charge in [-0.15, -0.1) is 11.3 Å². The van der Waals surface area contributed by atoms with Gasteiger partial charge in [-0.05, 0) is 52.8 Å². The molecule has 3 nitrogen and oxygen atoms in total. The summed E-state index contributed by atoms with van der Waals surface area (Å²) in [5, 5.41) is 5.02. The first kappa shape index (κ1) is 20.7. The molecule has 1 aromatic heterocycles. The number of halogens is 2. The van der Waals surface area contributed by atoms with Crippen molar-refractivity contribution in [3.8, 4) is 5.75 Å². The lowest BCUT2D eigenvalue weighted by molar-refractivity contribution is -0.116. The van der Waals surface area contributed by atoms with Gasteiger partial charge in [-0.25, -0.2) is 0 Å². The average molecular weight is 413 g/mol. The molecule has 1 N–H and O–H groups in total. The van der Waals surface area contributed by atoms with E-state index in [1.165, 1.54) is 23.8 Å². The van der Waals surface area contributed by atoms with Crippen LogP contribution in [0.3, 0.4) is 0 Å². The second-order valence-electron chi connectivity index (χ2n) is 6.33. The van der Waals surface area contributed by atoms with E-state index in [0.29, 0.717) is 5.56 Å². The van der Waals surface area contributed by atoms with E-state index in [2.05, 4.69) is 29.1 Å². The van der Waals surface area contributed by atoms with Crippen molar-refractivity contribution in [2.24, 2.45) is 0 Å². The van der Waals surface area contributed by atoms with Gasteiger partial charge >= 0.3 is 6.61 Å². The number of nitrogens with one attached hydrogen (secondary N) is 1. The van der Waals surface area contributed by atoms with Crippen LogP contribution in [0.15, 0.2) is 72.1 Å². The van der Waals surface area contributed by atoms with E-state index < -0.39 is 6.61 Å². The molecule has 0 aliphatic heterocycles. The molecule has 150 valence electrons. The summed E-state index contributed by atoms with van der Waals surface area (Å²) in [7, 11) is 0. The number of rotatable bonds is 8. The summed E-state index contributed by atoms with van der Waals surface area (Å²) in [5.41, 5.74) is 2.96. The number of amides is 1. The molecule has 0 saturated carbocycles. The van der Waals surface area contributed by atoms with Crippen molar-refractivity contribution in [2.45, 2.75) is 26.0 Å². The highest BCUT2D eigenvalue weighted by Crippen LogP contribution is 2.26. The van der Waals surface area contributed by atoms with Gasteiger partial charge in [0.05, 0.1) is 6.04 Å². The number of aryl methyl sites for hydroxylation is 1. The van der Waals surface area contributed by atoms with Gasteiger partial charge in [0.1, 0.15) is 5.75 Å². The Labute approximate surface area is 172 Å². The Balaban J connectivity index is 1.70. The molecule has 3 rings (SSSR count). The SMILES string of the molecule is CCc1ccc([C@@H](NC(=O)/C=C/c2ccc(OC(F)F)cc2)c2cccs2)cc1. The summed E-state index contributed by atoms with van der Waals surface area (Å²) >= 11 is 1.58. The van der Waals surface area contributed by atoms with E-state index in [0.717, 1.165) is 16.9 Å². The zero-order valence-electron chi connectivity index (χ0n) is 15.8. The Kier molecular flexibility index (Phi) is 7.14. The number of carbonyl (C=O) groups is 1. The normalized spacial score (nSPS) is 12.3. The van der Waals surface area contributed by atoms with Gasteiger partial charge in [0.15, 0.2) is 0 Å². The van der Waals surface area contributed by atoms with Gasteiger partial charge in [0.25, 0.3) is 0 Å². The van der Waals surface area contributed by atoms with Crippen molar-refractivity contribution in [1.29, 1.82) is 0 Å². The van der Waals surface area contributed by atoms with Crippen LogP contribution in [0.1, 0.15) is 34.5 Å². The number of ether oxygens (including phenoxy) is 1. The highest BCUT2D eigenvalue weighted by Gasteiger charge is 2.16. The van der Waals surface area contributed by atoms with Gasteiger partial charge < -0.3 is 10.1 Å². The zero-order chi connectivity index (χ0) is 20.6. The molecule has 0 radical (unpaired) electrons. The molecule has 1 atom stereocenters. The van der Waals surface area contributed by atoms with Crippen LogP contribution in [0.25, 0.3) is 6.08 Å². The second-order valence-corrected chi connectivity index (χ2v) is 7.31. The maximum Gasteiger partial charge on any atom is 0.387 e. The third-order valence-electron chi connectivity index (χ3n) is 4.37. The maximum absolute atomic E-state index is 12.5. The maximum atomic E-state index is 12.5. The molecular formula is C23H21F2NO2S. The van der Waals surface area contributed by atoms with Crippen LogP contribution in [0.2, 0.25) is 0 Å². The minimum Gasteiger partial charge on any atom is -0.435 e. The van der Waals surface area contributed by atoms with E-state index in [4.69, 9.17) is 0 Å². The average Bonchev–Trinajstić information content (AvgIpc) is 3.26. The first-order valence-corrected chi connectivity index (χ1v) is 10.1. The molecule has 0 fully saturated rings. The topological polar surface area (TPSA) is 38.3 Å². The largest absolute Gasteiger partial charge is 0.435 e. The van der Waals surface area contributed by atoms with Gasteiger partial charge in [-0.1, -0.05) is 49.4 Å². The van der Waals surface area contributed by atoms with Crippen molar-refractivity contribution in [1.82, 2.24) is 5.32 Å². The van der Waals surface area contributed by atoms with Gasteiger partial charge in [-0.2, -0.15) is 8.78 Å². The Hall–Kier alpha value is -2.99. The highest BCUT2D eigenvalue weighted by molar-refractivity contribution is 7.10. The molecule has 0 aliphatic carbocycles. The van der Waals surface area contributed by atoms with Crippen LogP contribution in [-0.2, 0) is 11.2 Å². The summed E-state index contributed by atoms with van der Waals surface area (Å²) in [4.78, 5) is 13.6. The first-order chi connectivity index (χ1) is 14.0. The predicted octanol–water partition coefficient (Wildman–Crippen LogP) is 5.83. The summed E-state index contributed by atoms with van der Waals surface area (Å²) in [6.07, 6.45) is 4.03. The lowest BCUT2D eigenvalue weighted by Crippen LogP contribution is -2.27. The van der Waals surface area contributed by atoms with E-state index in [9.17, 15) is 13.6 Å². The lowest BCUT2D eigenvalue weighted by Gasteiger charge is -2.17. The molecule has 2 aromatic carbocycles. The molecule has 0 saturated heterocycles. The van der Waals surface area contributed by atoms with Crippen LogP contribution in [0.4, 0.5) is 8.78 Å². The summed E-state index contributed by atoms with van der Waals surface area (Å²) in [6, 6.07) is 18.0. The smallest absolute Gasteiger partial charge is 0.387 e. The molecule has 3 aromatic rings. The number of benzene rings is 2. The minimum atomic E-state index is -2.86. The lowest BCUT2D eigenvalue weighted by atomic mass is 10.0. The minimum absolute atomic E-state index is 0.0786. The first-order valence-electron chi connectivity index (χ1n) is 9.21. The van der Waals surface area contributed by atoms with E-state index >= 15 is 0 Å². The van der Waals surface area contributed by atoms with Gasteiger partial charge in [0.2, 0.25) is 5.91 Å². The molecule has 0 unspecified atom stereocenters. The molecule has 0 aliphatic rings. The molecular weight excluding hydrogens is 392 g/mol. The van der Waals surface area contributed by atoms with Crippen molar-refractivity contribution < 1.29 is 18.3 Å². The highest BCUT2D eigenvalue weighted by atomic mass is 32.1. The molecule has 0 spiro atoms. The third-order valence-corrected chi connectivity index (χ3v) is 5.31. The van der Waals surface area contributed by atoms with Crippen molar-refractivity contribution in [2.75, 3.05) is 0 Å². The van der Waals surface area contributed by atoms with Crippen LogP contribution < -0.4 is 10.1 Å². The third kappa shape index (κ3) is 5.99. The fourth-order valence-corrected chi connectivity index (χ4v) is 3.65. The second kappa shape index (κ2) is 9.98. The molecule has 29 heavy (non-hydrogen) atoms. The van der Waals surface area contributed by atoms with Crippen molar-refractivity contribution in [3.05, 3.63) is 93.7 Å². The number of hydrogen-bond donors (Lipinski definition) is 1. The molecule has 0 bridgehead atoms. The van der Waals surface area contributed by atoms with Gasteiger partial charge in [0, 0.05) is 11.0 Å². The van der Waals surface area contributed by atoms with Crippen LogP contribution in [0.5, 0.6) is 5.75 Å². The fraction of sp³-hybridized carbons (Fsp3) is 0.174. The monoisotopic (exact) mass is 413 g/mol. The Morgan fingerprint density at radius 1 is 1.10 bits per heavy atom. The quantitative estimate of drug-likeness (QED) is 0.472. The summed E-state index contributed by atoms with van der Waals surface area (Å²) < 4.78 is 28.7. The van der Waals surface area contributed by atoms with E-state index in [-0.39, 0.29) is 17.7 Å². The van der Waals surface area contributed by atoms with Crippen LogP contribution in [0, 0.1) is 0 Å². The van der Waals surface area contributed by atoms with E-state index in [1.54, 1.807) is 29.5 Å². The predicted molar refractivity (Wildman–Crippen MR) is 112 cm³/mol. The Morgan fingerprint density at radius 3 is 2.41 bits per heavy atom. The summed E-state index contributed by atoms with van der Waals surface area (Å²) in [6.45, 7) is -0.757. The van der Waals surface area contributed by atoms with Crippen molar-refractivity contribution in [3.63, 3.8) is 0 Å². The van der Waals surface area contributed by atoms with Crippen LogP contribution >= 0.6 is 11.3 Å². The zero-order valence-corrected chi connectivity index (χ0v) is 16.7. The number of hydrogen-bond acceptors (Lipinski definition) is 3. The number of alkyl halides is 2. The Morgan fingerprint density at radius 2 is 1.83 bits per heavy atom. The molecule has 1 amide bonds. The van der Waals surface area contributed by atoms with Crippen LogP contribution in [-0.4, -0.2) is 12.5 Å². The molecule has 6 heteroatoms. The number of carbonyl (C=O) groups excluding carboxylic acids is 1. The number of thiophene rings is 1. The standard InChI is InChI=1S/C23H21F2NO2S/c1-2-16-5-10-18(11-6-16)22(20-4-3-15-29-20)26-21(27)14-9-17-7-12-19(13-8-17)28-23(24)25/h3-15,22-23H,2H2,1H3,(H,26,27)/b14-9+/t22-/m1/s1. The van der Waals surface area contributed by atoms with E-state index in [1.807, 2.05) is 29.6 Å². The summed E-state index contributed by atoms with van der Waals surface area (Å²) in [5.74, 6) is -0.161. The molecule has 1 heterocycles. The Bertz CT molecular complexity index is 936. The van der Waals surface area contributed by atoms with Crippen molar-refractivity contribution >= 4 is 23.3 Å². The van der Waals surface area contributed by atoms with Gasteiger partial charge in [-0.3, -0.25) is 4.79 Å².